The first kappa shape index (κ1) is 14.3. The number of halogens is 1. The standard InChI is InChI=1S/C12H14ClNO4S/c1-6(9-4-5-10(13)19-9)14-11(15)7-2-3-8(18-7)12(16)17/h4-8H,2-3H2,1H3,(H,14,15)(H,16,17)/t6?,7-,8+/m0/s1. The molecule has 1 saturated heterocycles. The molecule has 7 heteroatoms. The Balaban J connectivity index is 1.89. The Morgan fingerprint density at radius 1 is 1.47 bits per heavy atom. The summed E-state index contributed by atoms with van der Waals surface area (Å²) in [6.45, 7) is 1.85. The highest BCUT2D eigenvalue weighted by atomic mass is 35.5. The highest BCUT2D eigenvalue weighted by Gasteiger charge is 2.35. The number of nitrogens with one attached hydrogen (secondary N) is 1. The molecule has 2 heterocycles. The molecule has 0 aromatic carbocycles. The number of aliphatic carboxylic acids is 1. The molecule has 0 aliphatic carbocycles. The Morgan fingerprint density at radius 2 is 2.16 bits per heavy atom. The van der Waals surface area contributed by atoms with Gasteiger partial charge in [0, 0.05) is 4.88 Å². The second kappa shape index (κ2) is 5.90. The van der Waals surface area contributed by atoms with E-state index in [2.05, 4.69) is 5.32 Å². The molecule has 1 aliphatic heterocycles. The van der Waals surface area contributed by atoms with Crippen LogP contribution in [0.15, 0.2) is 12.1 Å². The molecule has 2 rings (SSSR count). The van der Waals surface area contributed by atoms with Crippen LogP contribution in [0.3, 0.4) is 0 Å². The zero-order valence-corrected chi connectivity index (χ0v) is 11.8. The van der Waals surface area contributed by atoms with E-state index in [4.69, 9.17) is 21.4 Å². The van der Waals surface area contributed by atoms with Crippen molar-refractivity contribution < 1.29 is 19.4 Å². The average molecular weight is 304 g/mol. The number of carboxylic acid groups (broad SMARTS) is 1. The lowest BCUT2D eigenvalue weighted by Gasteiger charge is -2.16. The molecule has 5 nitrogen and oxygen atoms in total. The van der Waals surface area contributed by atoms with Crippen LogP contribution in [-0.4, -0.2) is 29.2 Å². The van der Waals surface area contributed by atoms with Gasteiger partial charge in [-0.3, -0.25) is 4.79 Å². The summed E-state index contributed by atoms with van der Waals surface area (Å²) in [6.07, 6.45) is -0.755. The van der Waals surface area contributed by atoms with Crippen LogP contribution in [0.1, 0.15) is 30.7 Å². The van der Waals surface area contributed by atoms with Gasteiger partial charge in [0.25, 0.3) is 0 Å². The Morgan fingerprint density at radius 3 is 2.68 bits per heavy atom. The number of carboxylic acids is 1. The Hall–Kier alpha value is -1.11. The van der Waals surface area contributed by atoms with Gasteiger partial charge in [0.15, 0.2) is 6.10 Å². The maximum Gasteiger partial charge on any atom is 0.332 e. The molecular weight excluding hydrogens is 290 g/mol. The number of hydrogen-bond donors (Lipinski definition) is 2. The minimum absolute atomic E-state index is 0.169. The molecule has 1 aromatic rings. The van der Waals surface area contributed by atoms with Crippen molar-refractivity contribution in [3.05, 3.63) is 21.3 Å². The summed E-state index contributed by atoms with van der Waals surface area (Å²) in [4.78, 5) is 23.6. The van der Waals surface area contributed by atoms with Crippen LogP contribution in [0.4, 0.5) is 0 Å². The summed E-state index contributed by atoms with van der Waals surface area (Å²) >= 11 is 7.24. The van der Waals surface area contributed by atoms with Gasteiger partial charge in [-0.1, -0.05) is 11.6 Å². The predicted molar refractivity (Wildman–Crippen MR) is 71.4 cm³/mol. The fraction of sp³-hybridized carbons (Fsp3) is 0.500. The van der Waals surface area contributed by atoms with Crippen molar-refractivity contribution in [2.75, 3.05) is 0 Å². The largest absolute Gasteiger partial charge is 0.479 e. The quantitative estimate of drug-likeness (QED) is 0.894. The molecule has 2 N–H and O–H groups in total. The predicted octanol–water partition coefficient (Wildman–Crippen LogP) is 2.21. The highest BCUT2D eigenvalue weighted by molar-refractivity contribution is 7.16. The number of carbonyl (C=O) groups excluding carboxylic acids is 1. The van der Waals surface area contributed by atoms with Crippen LogP contribution in [0, 0.1) is 0 Å². The third kappa shape index (κ3) is 3.46. The molecular formula is C12H14ClNO4S. The lowest BCUT2D eigenvalue weighted by Crippen LogP contribution is -2.36. The van der Waals surface area contributed by atoms with Crippen molar-refractivity contribution in [1.82, 2.24) is 5.32 Å². The van der Waals surface area contributed by atoms with Crippen molar-refractivity contribution in [3.8, 4) is 0 Å². The van der Waals surface area contributed by atoms with E-state index in [0.717, 1.165) is 4.88 Å². The summed E-state index contributed by atoms with van der Waals surface area (Å²) in [5.41, 5.74) is 0. The SMILES string of the molecule is CC(NC(=O)[C@@H]1CC[C@H](C(=O)O)O1)c1ccc(Cl)s1. The second-order valence-corrected chi connectivity index (χ2v) is 6.15. The van der Waals surface area contributed by atoms with Crippen LogP contribution in [0.2, 0.25) is 4.34 Å². The maximum absolute atomic E-state index is 11.9. The Kier molecular flexibility index (Phi) is 4.44. The van der Waals surface area contributed by atoms with Crippen LogP contribution < -0.4 is 5.32 Å². The summed E-state index contributed by atoms with van der Waals surface area (Å²) in [5.74, 6) is -1.30. The van der Waals surface area contributed by atoms with Gasteiger partial charge in [0.1, 0.15) is 6.10 Å². The van der Waals surface area contributed by atoms with Crippen LogP contribution in [0.5, 0.6) is 0 Å². The van der Waals surface area contributed by atoms with Crippen molar-refractivity contribution in [1.29, 1.82) is 0 Å². The normalized spacial score (nSPS) is 24.1. The summed E-state index contributed by atoms with van der Waals surface area (Å²) < 4.78 is 5.86. The second-order valence-electron chi connectivity index (χ2n) is 4.40. The van der Waals surface area contributed by atoms with Crippen molar-refractivity contribution in [3.63, 3.8) is 0 Å². The third-order valence-corrected chi connectivity index (χ3v) is 4.38. The molecule has 0 bridgehead atoms. The number of amides is 1. The monoisotopic (exact) mass is 303 g/mol. The topological polar surface area (TPSA) is 75.6 Å². The maximum atomic E-state index is 11.9. The van der Waals surface area contributed by atoms with E-state index >= 15 is 0 Å². The van der Waals surface area contributed by atoms with Crippen LogP contribution >= 0.6 is 22.9 Å². The molecule has 19 heavy (non-hydrogen) atoms. The van der Waals surface area contributed by atoms with Gasteiger partial charge in [-0.15, -0.1) is 11.3 Å². The number of ether oxygens (including phenoxy) is 1. The van der Waals surface area contributed by atoms with Gasteiger partial charge in [-0.2, -0.15) is 0 Å². The smallest absolute Gasteiger partial charge is 0.332 e. The molecule has 0 radical (unpaired) electrons. The van der Waals surface area contributed by atoms with Crippen molar-refractivity contribution in [2.24, 2.45) is 0 Å². The minimum Gasteiger partial charge on any atom is -0.479 e. The van der Waals surface area contributed by atoms with Crippen molar-refractivity contribution >= 4 is 34.8 Å². The van der Waals surface area contributed by atoms with E-state index in [1.807, 2.05) is 13.0 Å². The molecule has 1 aliphatic rings. The lowest BCUT2D eigenvalue weighted by molar-refractivity contribution is -0.151. The van der Waals surface area contributed by atoms with E-state index in [1.165, 1.54) is 11.3 Å². The van der Waals surface area contributed by atoms with E-state index < -0.39 is 18.2 Å². The first-order chi connectivity index (χ1) is 8.97. The van der Waals surface area contributed by atoms with E-state index in [0.29, 0.717) is 17.2 Å². The molecule has 1 unspecified atom stereocenters. The van der Waals surface area contributed by atoms with E-state index in [1.54, 1.807) is 6.07 Å². The molecule has 1 fully saturated rings. The molecule has 104 valence electrons. The number of hydrogen-bond acceptors (Lipinski definition) is 4. The molecule has 0 spiro atoms. The van der Waals surface area contributed by atoms with Crippen LogP contribution in [0.25, 0.3) is 0 Å². The van der Waals surface area contributed by atoms with E-state index in [9.17, 15) is 9.59 Å². The Bertz CT molecular complexity index is 490. The fourth-order valence-electron chi connectivity index (χ4n) is 1.95. The zero-order valence-electron chi connectivity index (χ0n) is 10.3. The first-order valence-corrected chi connectivity index (χ1v) is 7.10. The zero-order chi connectivity index (χ0) is 14.0. The number of rotatable bonds is 4. The van der Waals surface area contributed by atoms with Gasteiger partial charge < -0.3 is 15.2 Å². The summed E-state index contributed by atoms with van der Waals surface area (Å²) in [5, 5.41) is 11.6. The van der Waals surface area contributed by atoms with Gasteiger partial charge in [-0.05, 0) is 31.9 Å². The van der Waals surface area contributed by atoms with E-state index in [-0.39, 0.29) is 11.9 Å². The van der Waals surface area contributed by atoms with Gasteiger partial charge >= 0.3 is 5.97 Å². The molecule has 3 atom stereocenters. The van der Waals surface area contributed by atoms with Gasteiger partial charge in [-0.25, -0.2) is 4.79 Å². The van der Waals surface area contributed by atoms with Gasteiger partial charge in [0.2, 0.25) is 5.91 Å². The Labute approximate surface area is 119 Å². The minimum atomic E-state index is -1.02. The number of thiophene rings is 1. The van der Waals surface area contributed by atoms with Crippen molar-refractivity contribution in [2.45, 2.75) is 38.0 Å². The molecule has 1 amide bonds. The third-order valence-electron chi connectivity index (χ3n) is 2.97. The fourth-order valence-corrected chi connectivity index (χ4v) is 3.01. The first-order valence-electron chi connectivity index (χ1n) is 5.91. The summed E-state index contributed by atoms with van der Waals surface area (Å²) in [6, 6.07) is 3.46. The average Bonchev–Trinajstić information content (AvgIpc) is 2.96. The van der Waals surface area contributed by atoms with Gasteiger partial charge in [0.05, 0.1) is 10.4 Å². The highest BCUT2D eigenvalue weighted by Crippen LogP contribution is 2.27. The molecule has 0 saturated carbocycles. The summed E-state index contributed by atoms with van der Waals surface area (Å²) in [7, 11) is 0. The lowest BCUT2D eigenvalue weighted by atomic mass is 10.2. The number of carbonyl (C=O) groups is 2. The molecule has 1 aromatic heterocycles. The van der Waals surface area contributed by atoms with Crippen LogP contribution in [-0.2, 0) is 14.3 Å².